The highest BCUT2D eigenvalue weighted by Crippen LogP contribution is 2.32. The van der Waals surface area contributed by atoms with Gasteiger partial charge in [0.1, 0.15) is 5.01 Å². The van der Waals surface area contributed by atoms with Crippen molar-refractivity contribution in [2.24, 2.45) is 0 Å². The predicted octanol–water partition coefficient (Wildman–Crippen LogP) is 4.64. The normalized spacial score (nSPS) is 12.9. The van der Waals surface area contributed by atoms with E-state index in [4.69, 9.17) is 9.47 Å². The molecule has 0 saturated carbocycles. The Morgan fingerprint density at radius 2 is 1.90 bits per heavy atom. The Kier molecular flexibility index (Phi) is 5.95. The Hall–Kier alpha value is -3.06. The molecular weight excluding hydrogens is 386 g/mol. The minimum atomic E-state index is -0.256. The monoisotopic (exact) mass is 409 g/mol. The zero-order valence-electron chi connectivity index (χ0n) is 16.2. The summed E-state index contributed by atoms with van der Waals surface area (Å²) in [6.07, 6.45) is 1.52. The molecule has 0 bridgehead atoms. The molecule has 1 aromatic heterocycles. The van der Waals surface area contributed by atoms with Crippen molar-refractivity contribution in [3.8, 4) is 22.1 Å². The third kappa shape index (κ3) is 5.06. The summed E-state index contributed by atoms with van der Waals surface area (Å²) in [6, 6.07) is 13.5. The van der Waals surface area contributed by atoms with Gasteiger partial charge in [-0.25, -0.2) is 9.78 Å². The first-order chi connectivity index (χ1) is 14.2. The SMILES string of the molecule is Cc1ccc(-c2nc(CCNC(=O)Nc3ccc4c(c3)OCCCO4)cs2)cc1. The summed E-state index contributed by atoms with van der Waals surface area (Å²) in [5.41, 5.74) is 3.99. The van der Waals surface area contributed by atoms with Crippen molar-refractivity contribution in [1.29, 1.82) is 0 Å². The zero-order chi connectivity index (χ0) is 20.1. The van der Waals surface area contributed by atoms with E-state index in [9.17, 15) is 4.79 Å². The van der Waals surface area contributed by atoms with Crippen molar-refractivity contribution >= 4 is 23.1 Å². The van der Waals surface area contributed by atoms with E-state index in [1.807, 2.05) is 11.4 Å². The van der Waals surface area contributed by atoms with Crippen LogP contribution in [0.1, 0.15) is 17.7 Å². The molecule has 1 aliphatic heterocycles. The Morgan fingerprint density at radius 3 is 2.72 bits per heavy atom. The van der Waals surface area contributed by atoms with E-state index in [1.54, 1.807) is 23.5 Å². The number of carbonyl (C=O) groups is 1. The second kappa shape index (κ2) is 8.96. The lowest BCUT2D eigenvalue weighted by Crippen LogP contribution is -2.30. The van der Waals surface area contributed by atoms with Crippen LogP contribution in [0.25, 0.3) is 10.6 Å². The van der Waals surface area contributed by atoms with E-state index in [0.29, 0.717) is 43.4 Å². The Labute approximate surface area is 173 Å². The van der Waals surface area contributed by atoms with Gasteiger partial charge in [-0.3, -0.25) is 0 Å². The number of amides is 2. The number of nitrogens with zero attached hydrogens (tertiary/aromatic N) is 1. The molecular formula is C22H23N3O3S. The topological polar surface area (TPSA) is 72.5 Å². The number of aryl methyl sites for hydroxylation is 1. The van der Waals surface area contributed by atoms with Gasteiger partial charge in [0.2, 0.25) is 0 Å². The summed E-state index contributed by atoms with van der Waals surface area (Å²) >= 11 is 1.62. The van der Waals surface area contributed by atoms with E-state index in [1.165, 1.54) is 5.56 Å². The molecule has 2 N–H and O–H groups in total. The number of fused-ring (bicyclic) bond motifs is 1. The maximum atomic E-state index is 12.2. The maximum absolute atomic E-state index is 12.2. The average Bonchev–Trinajstić information content (AvgIpc) is 3.06. The third-order valence-corrected chi connectivity index (χ3v) is 5.46. The number of benzene rings is 2. The second-order valence-corrected chi connectivity index (χ2v) is 7.71. The number of hydrogen-bond acceptors (Lipinski definition) is 5. The minimum absolute atomic E-state index is 0.256. The van der Waals surface area contributed by atoms with Crippen LogP contribution in [0, 0.1) is 6.92 Å². The molecule has 4 rings (SSSR count). The smallest absolute Gasteiger partial charge is 0.319 e. The first-order valence-corrected chi connectivity index (χ1v) is 10.5. The summed E-state index contributed by atoms with van der Waals surface area (Å²) in [4.78, 5) is 16.8. The lowest BCUT2D eigenvalue weighted by Gasteiger charge is -2.11. The third-order valence-electron chi connectivity index (χ3n) is 4.52. The quantitative estimate of drug-likeness (QED) is 0.644. The molecule has 2 heterocycles. The largest absolute Gasteiger partial charge is 0.490 e. The van der Waals surface area contributed by atoms with E-state index in [2.05, 4.69) is 46.8 Å². The number of thiazole rings is 1. The van der Waals surface area contributed by atoms with Gasteiger partial charge in [0, 0.05) is 42.1 Å². The van der Waals surface area contributed by atoms with Crippen LogP contribution in [0.2, 0.25) is 0 Å². The molecule has 0 atom stereocenters. The summed E-state index contributed by atoms with van der Waals surface area (Å²) in [6.45, 7) is 3.83. The molecule has 150 valence electrons. The number of carbonyl (C=O) groups excluding carboxylic acids is 1. The van der Waals surface area contributed by atoms with E-state index in [0.717, 1.165) is 22.7 Å². The number of urea groups is 1. The molecule has 0 spiro atoms. The summed E-state index contributed by atoms with van der Waals surface area (Å²) in [7, 11) is 0. The van der Waals surface area contributed by atoms with E-state index >= 15 is 0 Å². The molecule has 3 aromatic rings. The van der Waals surface area contributed by atoms with Crippen molar-refractivity contribution in [1.82, 2.24) is 10.3 Å². The molecule has 0 aliphatic carbocycles. The van der Waals surface area contributed by atoms with Crippen LogP contribution >= 0.6 is 11.3 Å². The van der Waals surface area contributed by atoms with Crippen molar-refractivity contribution in [3.63, 3.8) is 0 Å². The molecule has 2 aromatic carbocycles. The summed E-state index contributed by atoms with van der Waals surface area (Å²) in [5.74, 6) is 1.37. The first-order valence-electron chi connectivity index (χ1n) is 9.63. The van der Waals surface area contributed by atoms with Gasteiger partial charge in [0.15, 0.2) is 11.5 Å². The van der Waals surface area contributed by atoms with Gasteiger partial charge in [-0.15, -0.1) is 11.3 Å². The molecule has 0 saturated heterocycles. The molecule has 29 heavy (non-hydrogen) atoms. The fraction of sp³-hybridized carbons (Fsp3) is 0.273. The standard InChI is InChI=1S/C22H23N3O3S/c1-15-3-5-16(6-4-15)21-24-18(14-29-21)9-10-23-22(26)25-17-7-8-19-20(13-17)28-12-2-11-27-19/h3-8,13-14H,2,9-12H2,1H3,(H2,23,25,26). The molecule has 0 radical (unpaired) electrons. The Morgan fingerprint density at radius 1 is 1.10 bits per heavy atom. The van der Waals surface area contributed by atoms with Crippen LogP contribution in [0.15, 0.2) is 47.8 Å². The zero-order valence-corrected chi connectivity index (χ0v) is 17.1. The average molecular weight is 410 g/mol. The minimum Gasteiger partial charge on any atom is -0.490 e. The van der Waals surface area contributed by atoms with Crippen molar-refractivity contribution in [2.75, 3.05) is 25.1 Å². The van der Waals surface area contributed by atoms with Gasteiger partial charge < -0.3 is 20.1 Å². The number of hydrogen-bond donors (Lipinski definition) is 2. The van der Waals surface area contributed by atoms with Gasteiger partial charge >= 0.3 is 6.03 Å². The van der Waals surface area contributed by atoms with Gasteiger partial charge in [0.25, 0.3) is 0 Å². The Balaban J connectivity index is 1.27. The fourth-order valence-electron chi connectivity index (χ4n) is 2.97. The van der Waals surface area contributed by atoms with Gasteiger partial charge in [-0.1, -0.05) is 29.8 Å². The van der Waals surface area contributed by atoms with Crippen molar-refractivity contribution in [2.45, 2.75) is 19.8 Å². The highest BCUT2D eigenvalue weighted by Gasteiger charge is 2.12. The molecule has 7 heteroatoms. The molecule has 0 unspecified atom stereocenters. The fourth-order valence-corrected chi connectivity index (χ4v) is 3.83. The van der Waals surface area contributed by atoms with Gasteiger partial charge in [-0.2, -0.15) is 0 Å². The van der Waals surface area contributed by atoms with E-state index < -0.39 is 0 Å². The molecule has 0 fully saturated rings. The summed E-state index contributed by atoms with van der Waals surface area (Å²) in [5, 5.41) is 8.74. The van der Waals surface area contributed by atoms with Crippen molar-refractivity contribution in [3.05, 3.63) is 59.1 Å². The molecule has 6 nitrogen and oxygen atoms in total. The highest BCUT2D eigenvalue weighted by molar-refractivity contribution is 7.13. The van der Waals surface area contributed by atoms with Crippen LogP contribution in [-0.2, 0) is 6.42 Å². The summed E-state index contributed by atoms with van der Waals surface area (Å²) < 4.78 is 11.3. The first kappa shape index (κ1) is 19.3. The number of anilines is 1. The van der Waals surface area contributed by atoms with Crippen LogP contribution < -0.4 is 20.1 Å². The number of ether oxygens (including phenoxy) is 2. The predicted molar refractivity (Wildman–Crippen MR) is 115 cm³/mol. The van der Waals surface area contributed by atoms with Gasteiger partial charge in [-0.05, 0) is 19.1 Å². The van der Waals surface area contributed by atoms with Crippen LogP contribution in [0.3, 0.4) is 0 Å². The molecule has 1 aliphatic rings. The number of rotatable bonds is 5. The van der Waals surface area contributed by atoms with Crippen LogP contribution in [-0.4, -0.2) is 30.8 Å². The second-order valence-electron chi connectivity index (χ2n) is 6.85. The lowest BCUT2D eigenvalue weighted by atomic mass is 10.2. The number of nitrogens with one attached hydrogen (secondary N) is 2. The maximum Gasteiger partial charge on any atom is 0.319 e. The van der Waals surface area contributed by atoms with Crippen LogP contribution in [0.4, 0.5) is 10.5 Å². The van der Waals surface area contributed by atoms with Gasteiger partial charge in [0.05, 0.1) is 18.9 Å². The van der Waals surface area contributed by atoms with Crippen molar-refractivity contribution < 1.29 is 14.3 Å². The molecule has 2 amide bonds. The number of aromatic nitrogens is 1. The lowest BCUT2D eigenvalue weighted by molar-refractivity contribution is 0.252. The van der Waals surface area contributed by atoms with Crippen LogP contribution in [0.5, 0.6) is 11.5 Å². The van der Waals surface area contributed by atoms with E-state index in [-0.39, 0.29) is 6.03 Å². The Bertz CT molecular complexity index is 985. The highest BCUT2D eigenvalue weighted by atomic mass is 32.1.